The summed E-state index contributed by atoms with van der Waals surface area (Å²) in [5, 5.41) is 0. The molecule has 0 amide bonds. The van der Waals surface area contributed by atoms with E-state index in [1.54, 1.807) is 0 Å². The predicted octanol–water partition coefficient (Wildman–Crippen LogP) is 10.8. The predicted molar refractivity (Wildman–Crippen MR) is 154 cm³/mol. The smallest absolute Gasteiger partial charge is 0.0702 e. The molecule has 1 nitrogen and oxygen atoms in total. The van der Waals surface area contributed by atoms with Crippen molar-refractivity contribution in [1.82, 2.24) is 4.98 Å². The van der Waals surface area contributed by atoms with Crippen molar-refractivity contribution in [3.8, 4) is 11.3 Å². The van der Waals surface area contributed by atoms with E-state index in [0.717, 1.165) is 17.5 Å². The van der Waals surface area contributed by atoms with Gasteiger partial charge in [-0.05, 0) is 54.7 Å². The van der Waals surface area contributed by atoms with Crippen LogP contribution in [0.5, 0.6) is 0 Å². The summed E-state index contributed by atoms with van der Waals surface area (Å²) in [5.41, 5.74) is 5.23. The summed E-state index contributed by atoms with van der Waals surface area (Å²) in [6.07, 6.45) is 28.5. The third kappa shape index (κ3) is 10.9. The first-order valence-electron chi connectivity index (χ1n) is 15.3. The molecule has 0 saturated heterocycles. The maximum atomic E-state index is 4.77. The molecular weight excluding hydrogens is 422 g/mol. The molecule has 194 valence electrons. The highest BCUT2D eigenvalue weighted by Gasteiger charge is 2.20. The van der Waals surface area contributed by atoms with Gasteiger partial charge < -0.3 is 0 Å². The van der Waals surface area contributed by atoms with Crippen LogP contribution in [0.2, 0.25) is 0 Å². The number of aromatic nitrogens is 1. The lowest BCUT2D eigenvalue weighted by molar-refractivity contribution is 0.248. The van der Waals surface area contributed by atoms with Crippen LogP contribution in [0.3, 0.4) is 0 Å². The Morgan fingerprint density at radius 2 is 1.14 bits per heavy atom. The van der Waals surface area contributed by atoms with E-state index in [1.807, 2.05) is 0 Å². The van der Waals surface area contributed by atoms with Gasteiger partial charge in [0.2, 0.25) is 0 Å². The molecular formula is C34H53N. The largest absolute Gasteiger partial charge is 0.256 e. The van der Waals surface area contributed by atoms with Gasteiger partial charge in [-0.2, -0.15) is 0 Å². The van der Waals surface area contributed by atoms with Crippen molar-refractivity contribution in [1.29, 1.82) is 0 Å². The molecule has 1 aliphatic carbocycles. The van der Waals surface area contributed by atoms with Crippen LogP contribution < -0.4 is 0 Å². The van der Waals surface area contributed by atoms with E-state index in [4.69, 9.17) is 4.98 Å². The molecule has 0 atom stereocenters. The second-order valence-corrected chi connectivity index (χ2v) is 11.4. The van der Waals surface area contributed by atoms with Crippen LogP contribution in [0, 0.1) is 11.8 Å². The lowest BCUT2D eigenvalue weighted by atomic mass is 9.77. The average molecular weight is 476 g/mol. The normalized spacial score (nSPS) is 18.1. The Bertz CT molecular complexity index is 767. The Kier molecular flexibility index (Phi) is 13.5. The molecule has 0 radical (unpaired) electrons. The number of benzene rings is 1. The van der Waals surface area contributed by atoms with Crippen molar-refractivity contribution in [3.05, 3.63) is 53.7 Å². The van der Waals surface area contributed by atoms with Crippen LogP contribution in [-0.4, -0.2) is 4.98 Å². The zero-order valence-electron chi connectivity index (χ0n) is 23.1. The molecule has 0 unspecified atom stereocenters. The van der Waals surface area contributed by atoms with Gasteiger partial charge in [0, 0.05) is 11.8 Å². The number of hydrogen-bond acceptors (Lipinski definition) is 1. The Morgan fingerprint density at radius 3 is 1.77 bits per heavy atom. The van der Waals surface area contributed by atoms with E-state index in [2.05, 4.69) is 56.4 Å². The number of hydrogen-bond donors (Lipinski definition) is 0. The zero-order chi connectivity index (χ0) is 24.6. The molecule has 0 N–H and O–H groups in total. The Labute approximate surface area is 217 Å². The number of unbranched alkanes of at least 4 members (excludes halogenated alkanes) is 9. The Hall–Kier alpha value is -1.63. The molecule has 0 spiro atoms. The van der Waals surface area contributed by atoms with Gasteiger partial charge in [-0.15, -0.1) is 0 Å². The van der Waals surface area contributed by atoms with Crippen molar-refractivity contribution in [3.63, 3.8) is 0 Å². The van der Waals surface area contributed by atoms with E-state index < -0.39 is 0 Å². The third-order valence-corrected chi connectivity index (χ3v) is 8.42. The van der Waals surface area contributed by atoms with E-state index in [9.17, 15) is 0 Å². The van der Waals surface area contributed by atoms with Gasteiger partial charge in [-0.3, -0.25) is 4.98 Å². The second kappa shape index (κ2) is 16.9. The highest BCUT2D eigenvalue weighted by Crippen LogP contribution is 2.34. The molecule has 0 aliphatic heterocycles. The minimum atomic E-state index is 0.951. The quantitative estimate of drug-likeness (QED) is 0.207. The highest BCUT2D eigenvalue weighted by atomic mass is 14.7. The second-order valence-electron chi connectivity index (χ2n) is 11.4. The molecule has 0 bridgehead atoms. The third-order valence-electron chi connectivity index (χ3n) is 8.42. The molecule has 35 heavy (non-hydrogen) atoms. The summed E-state index contributed by atoms with van der Waals surface area (Å²) in [6, 6.07) is 13.7. The monoisotopic (exact) mass is 475 g/mol. The van der Waals surface area contributed by atoms with Crippen LogP contribution in [0.4, 0.5) is 0 Å². The maximum Gasteiger partial charge on any atom is 0.0702 e. The van der Waals surface area contributed by atoms with Gasteiger partial charge in [0.15, 0.2) is 0 Å². The van der Waals surface area contributed by atoms with Crippen molar-refractivity contribution >= 4 is 0 Å². The van der Waals surface area contributed by atoms with E-state index in [-0.39, 0.29) is 0 Å². The van der Waals surface area contributed by atoms with Gasteiger partial charge in [0.1, 0.15) is 0 Å². The zero-order valence-corrected chi connectivity index (χ0v) is 23.1. The first-order valence-corrected chi connectivity index (χ1v) is 15.3. The summed E-state index contributed by atoms with van der Waals surface area (Å²) >= 11 is 0. The summed E-state index contributed by atoms with van der Waals surface area (Å²) in [7, 11) is 0. The van der Waals surface area contributed by atoms with Gasteiger partial charge in [0.05, 0.1) is 5.69 Å². The number of aryl methyl sites for hydroxylation is 2. The van der Waals surface area contributed by atoms with Crippen LogP contribution in [-0.2, 0) is 12.8 Å². The molecule has 1 aromatic heterocycles. The van der Waals surface area contributed by atoms with Gasteiger partial charge in [0.25, 0.3) is 0 Å². The molecule has 1 aromatic carbocycles. The van der Waals surface area contributed by atoms with E-state index in [1.165, 1.54) is 139 Å². The molecule has 1 saturated carbocycles. The van der Waals surface area contributed by atoms with E-state index >= 15 is 0 Å². The van der Waals surface area contributed by atoms with Crippen molar-refractivity contribution in [2.24, 2.45) is 11.8 Å². The molecule has 2 aromatic rings. The van der Waals surface area contributed by atoms with Crippen molar-refractivity contribution in [2.75, 3.05) is 0 Å². The van der Waals surface area contributed by atoms with Crippen LogP contribution >= 0.6 is 0 Å². The minimum absolute atomic E-state index is 0.951. The van der Waals surface area contributed by atoms with Gasteiger partial charge in [-0.25, -0.2) is 0 Å². The number of rotatable bonds is 17. The number of nitrogens with zero attached hydrogens (tertiary/aromatic N) is 1. The maximum absolute atomic E-state index is 4.77. The molecule has 3 rings (SSSR count). The van der Waals surface area contributed by atoms with Crippen LogP contribution in [0.15, 0.2) is 42.6 Å². The van der Waals surface area contributed by atoms with E-state index in [0.29, 0.717) is 0 Å². The van der Waals surface area contributed by atoms with Crippen LogP contribution in [0.25, 0.3) is 11.3 Å². The summed E-state index contributed by atoms with van der Waals surface area (Å²) in [6.45, 7) is 4.59. The topological polar surface area (TPSA) is 12.9 Å². The minimum Gasteiger partial charge on any atom is -0.256 e. The summed E-state index contributed by atoms with van der Waals surface area (Å²) in [5.74, 6) is 1.98. The Morgan fingerprint density at radius 1 is 0.571 bits per heavy atom. The molecule has 1 heteroatoms. The molecule has 1 heterocycles. The lowest BCUT2D eigenvalue weighted by Crippen LogP contribution is -2.15. The van der Waals surface area contributed by atoms with Crippen molar-refractivity contribution < 1.29 is 0 Å². The van der Waals surface area contributed by atoms with Crippen LogP contribution in [0.1, 0.15) is 134 Å². The molecule has 1 fully saturated rings. The fourth-order valence-electron chi connectivity index (χ4n) is 5.91. The fraction of sp³-hybridized carbons (Fsp3) is 0.676. The molecule has 1 aliphatic rings. The standard InChI is InChI=1S/C34H53N/c1-3-5-7-9-11-13-15-32-24-27-34(35-28-32)33-25-22-31(23-26-33)21-20-30-18-16-29(17-19-30)14-12-10-8-6-4-2/h22-30H,3-21H2,1-2H3/t29-,30-. The van der Waals surface area contributed by atoms with Gasteiger partial charge >= 0.3 is 0 Å². The SMILES string of the molecule is CCCCCCCCc1ccc(-c2ccc(CC[C@H]3CC[C@H](CCCCCCC)CC3)cc2)nc1. The summed E-state index contributed by atoms with van der Waals surface area (Å²) in [4.78, 5) is 4.77. The average Bonchev–Trinajstić information content (AvgIpc) is 2.91. The number of pyridine rings is 1. The van der Waals surface area contributed by atoms with Gasteiger partial charge in [-0.1, -0.05) is 140 Å². The fourth-order valence-corrected chi connectivity index (χ4v) is 5.91. The lowest BCUT2D eigenvalue weighted by Gasteiger charge is -2.28. The summed E-state index contributed by atoms with van der Waals surface area (Å²) < 4.78 is 0. The Balaban J connectivity index is 1.32. The first-order chi connectivity index (χ1) is 17.3. The highest BCUT2D eigenvalue weighted by molar-refractivity contribution is 5.59. The van der Waals surface area contributed by atoms with Crippen molar-refractivity contribution in [2.45, 2.75) is 136 Å². The first kappa shape index (κ1) is 27.9.